The molecule has 1 aliphatic heterocycles. The van der Waals surface area contributed by atoms with Crippen molar-refractivity contribution in [2.24, 2.45) is 0 Å². The highest BCUT2D eigenvalue weighted by Crippen LogP contribution is 2.39. The fourth-order valence-corrected chi connectivity index (χ4v) is 3.74. The summed E-state index contributed by atoms with van der Waals surface area (Å²) in [5.74, 6) is -0.0178. The molecule has 102 valence electrons. The molecule has 2 aromatic rings. The molecule has 1 unspecified atom stereocenters. The fourth-order valence-electron chi connectivity index (χ4n) is 2.50. The summed E-state index contributed by atoms with van der Waals surface area (Å²) in [5, 5.41) is 9.19. The van der Waals surface area contributed by atoms with Gasteiger partial charge in [-0.25, -0.2) is 4.79 Å². The molecular weight excluding hydrogens is 274 g/mol. The molecule has 0 radical (unpaired) electrons. The first kappa shape index (κ1) is 13.0. The largest absolute Gasteiger partial charge is 0.477 e. The highest BCUT2D eigenvalue weighted by molar-refractivity contribution is 7.99. The lowest BCUT2D eigenvalue weighted by molar-refractivity contribution is 0.0683. The Balaban J connectivity index is 1.98. The van der Waals surface area contributed by atoms with Crippen molar-refractivity contribution >= 4 is 17.7 Å². The van der Waals surface area contributed by atoms with Crippen LogP contribution in [0.4, 0.5) is 0 Å². The number of aromatic carboxylic acids is 1. The Bertz CT molecular complexity index is 723. The van der Waals surface area contributed by atoms with Crippen molar-refractivity contribution in [3.05, 3.63) is 64.1 Å². The Morgan fingerprint density at radius 2 is 2.05 bits per heavy atom. The number of thioether (sulfide) groups is 1. The number of carboxylic acid groups (broad SMARTS) is 1. The zero-order valence-electron chi connectivity index (χ0n) is 10.7. The number of carbonyl (C=O) groups is 1. The first-order chi connectivity index (χ1) is 9.66. The molecule has 2 heterocycles. The SMILES string of the molecule is O=C(O)c1cccc(=O)n1CC1CSc2ccccc21. The van der Waals surface area contributed by atoms with Crippen molar-refractivity contribution in [2.45, 2.75) is 17.4 Å². The van der Waals surface area contributed by atoms with Crippen molar-refractivity contribution in [3.63, 3.8) is 0 Å². The Morgan fingerprint density at radius 3 is 2.85 bits per heavy atom. The van der Waals surface area contributed by atoms with Crippen LogP contribution >= 0.6 is 11.8 Å². The standard InChI is InChI=1S/C15H13NO3S/c17-14-7-3-5-12(15(18)19)16(14)8-10-9-20-13-6-2-1-4-11(10)13/h1-7,10H,8-9H2,(H,18,19). The molecule has 3 rings (SSSR count). The molecule has 0 saturated carbocycles. The summed E-state index contributed by atoms with van der Waals surface area (Å²) in [7, 11) is 0. The van der Waals surface area contributed by atoms with E-state index in [9.17, 15) is 14.7 Å². The molecule has 20 heavy (non-hydrogen) atoms. The van der Waals surface area contributed by atoms with E-state index in [-0.39, 0.29) is 17.2 Å². The van der Waals surface area contributed by atoms with Gasteiger partial charge in [0, 0.05) is 29.2 Å². The maximum Gasteiger partial charge on any atom is 0.352 e. The van der Waals surface area contributed by atoms with Crippen LogP contribution in [0.3, 0.4) is 0 Å². The predicted octanol–water partition coefficient (Wildman–Crippen LogP) is 2.44. The lowest BCUT2D eigenvalue weighted by atomic mass is 10.0. The Morgan fingerprint density at radius 1 is 1.25 bits per heavy atom. The van der Waals surface area contributed by atoms with Crippen LogP contribution in [0.15, 0.2) is 52.2 Å². The van der Waals surface area contributed by atoms with Crippen molar-refractivity contribution in [3.8, 4) is 0 Å². The first-order valence-corrected chi connectivity index (χ1v) is 7.30. The van der Waals surface area contributed by atoms with Gasteiger partial charge in [0.15, 0.2) is 0 Å². The third-order valence-corrected chi connectivity index (χ3v) is 4.72. The van der Waals surface area contributed by atoms with Gasteiger partial charge in [0.25, 0.3) is 5.56 Å². The van der Waals surface area contributed by atoms with Crippen LogP contribution in [0.5, 0.6) is 0 Å². The quantitative estimate of drug-likeness (QED) is 0.942. The average molecular weight is 287 g/mol. The predicted molar refractivity (Wildman–Crippen MR) is 77.6 cm³/mol. The second-order valence-corrected chi connectivity index (χ2v) is 5.77. The number of pyridine rings is 1. The summed E-state index contributed by atoms with van der Waals surface area (Å²) < 4.78 is 1.36. The smallest absolute Gasteiger partial charge is 0.352 e. The third-order valence-electron chi connectivity index (χ3n) is 3.47. The van der Waals surface area contributed by atoms with Crippen LogP contribution in [0.25, 0.3) is 0 Å². The summed E-state index contributed by atoms with van der Waals surface area (Å²) in [4.78, 5) is 24.4. The Labute approximate surface area is 120 Å². The molecular formula is C15H13NO3S. The molecule has 0 saturated heterocycles. The molecule has 1 atom stereocenters. The van der Waals surface area contributed by atoms with E-state index in [4.69, 9.17) is 0 Å². The topological polar surface area (TPSA) is 59.3 Å². The zero-order chi connectivity index (χ0) is 14.1. The molecule has 0 amide bonds. The van der Waals surface area contributed by atoms with Crippen LogP contribution < -0.4 is 5.56 Å². The second-order valence-electron chi connectivity index (χ2n) is 4.71. The summed E-state index contributed by atoms with van der Waals surface area (Å²) in [6.45, 7) is 0.408. The highest BCUT2D eigenvalue weighted by atomic mass is 32.2. The van der Waals surface area contributed by atoms with E-state index in [1.807, 2.05) is 12.1 Å². The van der Waals surface area contributed by atoms with Gasteiger partial charge >= 0.3 is 5.97 Å². The molecule has 1 N–H and O–H groups in total. The number of hydrogen-bond donors (Lipinski definition) is 1. The molecule has 4 nitrogen and oxygen atoms in total. The number of fused-ring (bicyclic) bond motifs is 1. The number of benzene rings is 1. The average Bonchev–Trinajstić information content (AvgIpc) is 2.84. The number of hydrogen-bond acceptors (Lipinski definition) is 3. The Hall–Kier alpha value is -2.01. The molecule has 5 heteroatoms. The first-order valence-electron chi connectivity index (χ1n) is 6.31. The van der Waals surface area contributed by atoms with Crippen LogP contribution in [0.1, 0.15) is 22.0 Å². The summed E-state index contributed by atoms with van der Waals surface area (Å²) in [6, 6.07) is 12.4. The van der Waals surface area contributed by atoms with E-state index in [1.165, 1.54) is 33.2 Å². The maximum absolute atomic E-state index is 11.9. The minimum atomic E-state index is -1.07. The molecule has 0 fully saturated rings. The second kappa shape index (κ2) is 5.17. The van der Waals surface area contributed by atoms with Crippen molar-refractivity contribution < 1.29 is 9.90 Å². The molecule has 1 aromatic carbocycles. The maximum atomic E-state index is 11.9. The van der Waals surface area contributed by atoms with Gasteiger partial charge in [-0.1, -0.05) is 24.3 Å². The van der Waals surface area contributed by atoms with Gasteiger partial charge in [-0.2, -0.15) is 0 Å². The summed E-state index contributed by atoms with van der Waals surface area (Å²) in [5.41, 5.74) is 0.982. The summed E-state index contributed by atoms with van der Waals surface area (Å²) in [6.07, 6.45) is 0. The molecule has 0 aliphatic carbocycles. The summed E-state index contributed by atoms with van der Waals surface area (Å²) >= 11 is 1.75. The van der Waals surface area contributed by atoms with E-state index >= 15 is 0 Å². The van der Waals surface area contributed by atoms with Gasteiger partial charge in [-0.3, -0.25) is 4.79 Å². The van der Waals surface area contributed by atoms with Gasteiger partial charge in [0.05, 0.1) is 0 Å². The number of nitrogens with zero attached hydrogens (tertiary/aromatic N) is 1. The molecule has 0 bridgehead atoms. The lowest BCUT2D eigenvalue weighted by Crippen LogP contribution is -2.27. The van der Waals surface area contributed by atoms with Crippen LogP contribution in [0.2, 0.25) is 0 Å². The van der Waals surface area contributed by atoms with E-state index < -0.39 is 5.97 Å². The van der Waals surface area contributed by atoms with E-state index in [1.54, 1.807) is 11.8 Å². The normalized spacial score (nSPS) is 16.9. The number of aromatic nitrogens is 1. The van der Waals surface area contributed by atoms with Gasteiger partial charge in [0.1, 0.15) is 5.69 Å². The van der Waals surface area contributed by atoms with E-state index in [2.05, 4.69) is 12.1 Å². The van der Waals surface area contributed by atoms with Crippen LogP contribution in [-0.2, 0) is 6.54 Å². The van der Waals surface area contributed by atoms with Crippen molar-refractivity contribution in [1.29, 1.82) is 0 Å². The Kier molecular flexibility index (Phi) is 3.36. The fraction of sp³-hybridized carbons (Fsp3) is 0.200. The van der Waals surface area contributed by atoms with Crippen LogP contribution in [-0.4, -0.2) is 21.4 Å². The van der Waals surface area contributed by atoms with Gasteiger partial charge < -0.3 is 9.67 Å². The highest BCUT2D eigenvalue weighted by Gasteiger charge is 2.24. The monoisotopic (exact) mass is 287 g/mol. The molecule has 1 aliphatic rings. The number of rotatable bonds is 3. The van der Waals surface area contributed by atoms with Gasteiger partial charge in [0.2, 0.25) is 0 Å². The van der Waals surface area contributed by atoms with Crippen LogP contribution in [0, 0.1) is 0 Å². The van der Waals surface area contributed by atoms with E-state index in [0.717, 1.165) is 5.75 Å². The van der Waals surface area contributed by atoms with Gasteiger partial charge in [-0.15, -0.1) is 11.8 Å². The zero-order valence-corrected chi connectivity index (χ0v) is 11.5. The third kappa shape index (κ3) is 2.25. The van der Waals surface area contributed by atoms with Gasteiger partial charge in [-0.05, 0) is 17.7 Å². The minimum Gasteiger partial charge on any atom is -0.477 e. The lowest BCUT2D eigenvalue weighted by Gasteiger charge is -2.15. The molecule has 1 aromatic heterocycles. The number of carboxylic acids is 1. The van der Waals surface area contributed by atoms with E-state index in [0.29, 0.717) is 6.54 Å². The van der Waals surface area contributed by atoms with Crippen molar-refractivity contribution in [1.82, 2.24) is 4.57 Å². The molecule has 0 spiro atoms. The van der Waals surface area contributed by atoms with Crippen molar-refractivity contribution in [2.75, 3.05) is 5.75 Å². The minimum absolute atomic E-state index is 0.0480.